The van der Waals surface area contributed by atoms with Gasteiger partial charge in [0.25, 0.3) is 0 Å². The first-order valence-electron chi connectivity index (χ1n) is 5.49. The van der Waals surface area contributed by atoms with E-state index in [1.807, 2.05) is 0 Å². The molecule has 1 fully saturated rings. The highest BCUT2D eigenvalue weighted by Gasteiger charge is 2.34. The molecule has 4 nitrogen and oxygen atoms in total. The lowest BCUT2D eigenvalue weighted by Gasteiger charge is -2.25. The van der Waals surface area contributed by atoms with Crippen LogP contribution in [0.1, 0.15) is 26.2 Å². The molecule has 0 bridgehead atoms. The molecular weight excluding hydrogens is 257 g/mol. The van der Waals surface area contributed by atoms with Gasteiger partial charge in [-0.3, -0.25) is 0 Å². The second-order valence-corrected chi connectivity index (χ2v) is 6.32. The van der Waals surface area contributed by atoms with Gasteiger partial charge in [-0.05, 0) is 32.9 Å². The van der Waals surface area contributed by atoms with Crippen molar-refractivity contribution < 1.29 is 21.6 Å². The number of sulfonamides is 1. The van der Waals surface area contributed by atoms with Crippen LogP contribution in [0, 0.1) is 0 Å². The monoisotopic (exact) mass is 274 g/mol. The van der Waals surface area contributed by atoms with Crippen molar-refractivity contribution in [1.29, 1.82) is 0 Å². The molecule has 0 saturated carbocycles. The summed E-state index contributed by atoms with van der Waals surface area (Å²) in [5, 5.41) is 2.42. The minimum atomic E-state index is -4.35. The third-order valence-electron chi connectivity index (χ3n) is 2.63. The van der Waals surface area contributed by atoms with Crippen molar-refractivity contribution >= 4 is 10.0 Å². The maximum absolute atomic E-state index is 12.1. The van der Waals surface area contributed by atoms with Crippen molar-refractivity contribution in [3.63, 3.8) is 0 Å². The number of nitrogens with one attached hydrogen (secondary N) is 2. The first-order chi connectivity index (χ1) is 7.71. The zero-order chi connectivity index (χ0) is 13.1. The Hall–Kier alpha value is -0.340. The fourth-order valence-corrected chi connectivity index (χ4v) is 3.56. The summed E-state index contributed by atoms with van der Waals surface area (Å²) in [5.41, 5.74) is 0. The molecule has 1 heterocycles. The molecule has 1 aliphatic heterocycles. The second-order valence-electron chi connectivity index (χ2n) is 4.33. The fourth-order valence-electron chi connectivity index (χ4n) is 1.87. The molecular formula is C9H17F3N2O2S. The summed E-state index contributed by atoms with van der Waals surface area (Å²) in [5.74, 6) is 0. The molecule has 0 aromatic carbocycles. The van der Waals surface area contributed by atoms with E-state index < -0.39 is 33.9 Å². The summed E-state index contributed by atoms with van der Waals surface area (Å²) in [6, 6.07) is -1.12. The molecule has 1 unspecified atom stereocenters. The summed E-state index contributed by atoms with van der Waals surface area (Å²) in [6.45, 7) is 2.39. The van der Waals surface area contributed by atoms with Gasteiger partial charge in [0.05, 0.1) is 11.7 Å². The van der Waals surface area contributed by atoms with Crippen LogP contribution in [0.15, 0.2) is 0 Å². The number of rotatable bonds is 4. The molecule has 1 atom stereocenters. The highest BCUT2D eigenvalue weighted by Crippen LogP contribution is 2.22. The smallest absolute Gasteiger partial charge is 0.317 e. The maximum atomic E-state index is 12.1. The Morgan fingerprint density at radius 3 is 2.35 bits per heavy atom. The van der Waals surface area contributed by atoms with Crippen molar-refractivity contribution in [3.8, 4) is 0 Å². The number of alkyl halides is 3. The van der Waals surface area contributed by atoms with E-state index in [0.717, 1.165) is 0 Å². The molecule has 0 aliphatic carbocycles. The van der Waals surface area contributed by atoms with Gasteiger partial charge in [-0.1, -0.05) is 0 Å². The Bertz CT molecular complexity index is 337. The van der Waals surface area contributed by atoms with E-state index in [4.69, 9.17) is 0 Å². The van der Waals surface area contributed by atoms with Crippen LogP contribution in [-0.4, -0.2) is 39.0 Å². The Labute approximate surface area is 99.0 Å². The topological polar surface area (TPSA) is 58.2 Å². The first kappa shape index (κ1) is 14.7. The summed E-state index contributed by atoms with van der Waals surface area (Å²) in [6.07, 6.45) is -4.62. The minimum Gasteiger partial charge on any atom is -0.317 e. The number of halogens is 3. The first-order valence-corrected chi connectivity index (χ1v) is 7.04. The molecule has 0 aromatic heterocycles. The highest BCUT2D eigenvalue weighted by molar-refractivity contribution is 7.90. The van der Waals surface area contributed by atoms with Gasteiger partial charge in [-0.15, -0.1) is 0 Å². The molecule has 1 saturated heterocycles. The lowest BCUT2D eigenvalue weighted by molar-refractivity contribution is -0.137. The molecule has 1 rings (SSSR count). The third-order valence-corrected chi connectivity index (χ3v) is 4.71. The quantitative estimate of drug-likeness (QED) is 0.804. The molecule has 1 aliphatic rings. The lowest BCUT2D eigenvalue weighted by Crippen LogP contribution is -2.45. The van der Waals surface area contributed by atoms with Crippen LogP contribution in [-0.2, 0) is 10.0 Å². The minimum absolute atomic E-state index is 0.439. The van der Waals surface area contributed by atoms with Crippen molar-refractivity contribution in [3.05, 3.63) is 0 Å². The average Bonchev–Trinajstić information content (AvgIpc) is 2.15. The SMILES string of the molecule is CC(CC(F)(F)F)NS(=O)(=O)C1CCNCC1. The van der Waals surface area contributed by atoms with E-state index in [9.17, 15) is 21.6 Å². The molecule has 102 valence electrons. The van der Waals surface area contributed by atoms with Crippen LogP contribution in [0.2, 0.25) is 0 Å². The van der Waals surface area contributed by atoms with Gasteiger partial charge >= 0.3 is 6.18 Å². The Morgan fingerprint density at radius 2 is 1.88 bits per heavy atom. The van der Waals surface area contributed by atoms with E-state index in [1.54, 1.807) is 0 Å². The van der Waals surface area contributed by atoms with E-state index >= 15 is 0 Å². The van der Waals surface area contributed by atoms with E-state index in [1.165, 1.54) is 6.92 Å². The van der Waals surface area contributed by atoms with Crippen LogP contribution < -0.4 is 10.0 Å². The summed E-state index contributed by atoms with van der Waals surface area (Å²) in [7, 11) is -3.64. The van der Waals surface area contributed by atoms with Crippen molar-refractivity contribution in [2.45, 2.75) is 43.7 Å². The van der Waals surface area contributed by atoms with Crippen molar-refractivity contribution in [2.24, 2.45) is 0 Å². The van der Waals surface area contributed by atoms with Gasteiger partial charge in [-0.2, -0.15) is 13.2 Å². The van der Waals surface area contributed by atoms with Crippen molar-refractivity contribution in [2.75, 3.05) is 13.1 Å². The van der Waals surface area contributed by atoms with Gasteiger partial charge in [-0.25, -0.2) is 13.1 Å². The fraction of sp³-hybridized carbons (Fsp3) is 1.00. The van der Waals surface area contributed by atoms with Crippen LogP contribution in [0.3, 0.4) is 0 Å². The predicted octanol–water partition coefficient (Wildman–Crippen LogP) is 0.999. The van der Waals surface area contributed by atoms with E-state index in [-0.39, 0.29) is 0 Å². The Balaban J connectivity index is 2.53. The van der Waals surface area contributed by atoms with Crippen molar-refractivity contribution in [1.82, 2.24) is 10.0 Å². The zero-order valence-corrected chi connectivity index (χ0v) is 10.4. The molecule has 0 spiro atoms. The number of hydrogen-bond acceptors (Lipinski definition) is 3. The van der Waals surface area contributed by atoms with E-state index in [0.29, 0.717) is 25.9 Å². The second kappa shape index (κ2) is 5.53. The molecule has 8 heteroatoms. The van der Waals surface area contributed by atoms with Gasteiger partial charge in [0.15, 0.2) is 0 Å². The summed E-state index contributed by atoms with van der Waals surface area (Å²) in [4.78, 5) is 0. The largest absolute Gasteiger partial charge is 0.390 e. The molecule has 0 amide bonds. The average molecular weight is 274 g/mol. The molecule has 2 N–H and O–H groups in total. The van der Waals surface area contributed by atoms with Gasteiger partial charge < -0.3 is 5.32 Å². The normalized spacial score (nSPS) is 21.4. The summed E-state index contributed by atoms with van der Waals surface area (Å²) >= 11 is 0. The highest BCUT2D eigenvalue weighted by atomic mass is 32.2. The van der Waals surface area contributed by atoms with Gasteiger partial charge in [0.1, 0.15) is 0 Å². The third kappa shape index (κ3) is 5.22. The zero-order valence-electron chi connectivity index (χ0n) is 9.55. The van der Waals surface area contributed by atoms with Gasteiger partial charge in [0, 0.05) is 6.04 Å². The number of piperidine rings is 1. The molecule has 17 heavy (non-hydrogen) atoms. The van der Waals surface area contributed by atoms with Crippen LogP contribution in [0.5, 0.6) is 0 Å². The molecule has 0 aromatic rings. The van der Waals surface area contributed by atoms with Gasteiger partial charge in [0.2, 0.25) is 10.0 Å². The van der Waals surface area contributed by atoms with E-state index in [2.05, 4.69) is 10.0 Å². The van der Waals surface area contributed by atoms with Crippen LogP contribution in [0.25, 0.3) is 0 Å². The lowest BCUT2D eigenvalue weighted by atomic mass is 10.2. The Morgan fingerprint density at radius 1 is 1.35 bits per heavy atom. The maximum Gasteiger partial charge on any atom is 0.390 e. The van der Waals surface area contributed by atoms with Crippen LogP contribution in [0.4, 0.5) is 13.2 Å². The predicted molar refractivity (Wildman–Crippen MR) is 58.1 cm³/mol. The standard InChI is InChI=1S/C9H17F3N2O2S/c1-7(6-9(10,11)12)14-17(15,16)8-2-4-13-5-3-8/h7-8,13-14H,2-6H2,1H3. The molecule has 0 radical (unpaired) electrons. The summed E-state index contributed by atoms with van der Waals surface area (Å²) < 4.78 is 61.9. The Kier molecular flexibility index (Phi) is 4.79. The number of hydrogen-bond donors (Lipinski definition) is 2. The van der Waals surface area contributed by atoms with Crippen LogP contribution >= 0.6 is 0 Å².